The lowest BCUT2D eigenvalue weighted by molar-refractivity contribution is -0.135. The van der Waals surface area contributed by atoms with E-state index in [2.05, 4.69) is 44.9 Å². The van der Waals surface area contributed by atoms with Crippen molar-refractivity contribution in [2.24, 2.45) is 5.92 Å². The van der Waals surface area contributed by atoms with Crippen LogP contribution in [0.15, 0.2) is 24.3 Å². The number of piperidine rings is 1. The fourth-order valence-corrected chi connectivity index (χ4v) is 5.59. The number of carbonyl (C=O) groups excluding carboxylic acids is 1. The highest BCUT2D eigenvalue weighted by atomic mass is 16.2. The molecule has 2 N–H and O–H groups in total. The smallest absolute Gasteiger partial charge is 0.241 e. The number of likely N-dealkylation sites (tertiary alicyclic amines) is 1. The summed E-state index contributed by atoms with van der Waals surface area (Å²) in [6.07, 6.45) is 7.04. The second-order valence-electron chi connectivity index (χ2n) is 8.51. The molecule has 0 spiro atoms. The maximum atomic E-state index is 13.0. The topological polar surface area (TPSA) is 47.6 Å². The van der Waals surface area contributed by atoms with E-state index in [4.69, 9.17) is 0 Å². The Labute approximate surface area is 156 Å². The lowest BCUT2D eigenvalue weighted by atomic mass is 9.93. The van der Waals surface area contributed by atoms with E-state index in [9.17, 15) is 4.79 Å². The van der Waals surface area contributed by atoms with Gasteiger partial charge < -0.3 is 4.90 Å². The molecule has 0 bridgehead atoms. The van der Waals surface area contributed by atoms with E-state index in [-0.39, 0.29) is 6.04 Å². The molecule has 1 aromatic rings. The van der Waals surface area contributed by atoms with Crippen molar-refractivity contribution < 1.29 is 4.79 Å². The van der Waals surface area contributed by atoms with E-state index in [0.717, 1.165) is 45.4 Å². The first kappa shape index (κ1) is 16.7. The van der Waals surface area contributed by atoms with Gasteiger partial charge in [0, 0.05) is 44.2 Å². The third-order valence-corrected chi connectivity index (χ3v) is 7.14. The van der Waals surface area contributed by atoms with E-state index in [1.165, 1.54) is 30.4 Å². The molecule has 3 aliphatic heterocycles. The Morgan fingerprint density at radius 3 is 2.62 bits per heavy atom. The molecule has 0 radical (unpaired) electrons. The van der Waals surface area contributed by atoms with Crippen LogP contribution >= 0.6 is 0 Å². The van der Waals surface area contributed by atoms with Crippen LogP contribution in [0.2, 0.25) is 0 Å². The third kappa shape index (κ3) is 2.96. The number of fused-ring (bicyclic) bond motifs is 2. The first-order valence-electron chi connectivity index (χ1n) is 10.4. The summed E-state index contributed by atoms with van der Waals surface area (Å²) in [6, 6.07) is 9.99. The van der Waals surface area contributed by atoms with Crippen molar-refractivity contribution in [2.45, 2.75) is 63.2 Å². The zero-order valence-electron chi connectivity index (χ0n) is 15.5. The Kier molecular flexibility index (Phi) is 4.47. The fraction of sp³-hybridized carbons (Fsp3) is 0.667. The summed E-state index contributed by atoms with van der Waals surface area (Å²) in [5, 5.41) is 0. The van der Waals surface area contributed by atoms with Gasteiger partial charge >= 0.3 is 0 Å². The summed E-state index contributed by atoms with van der Waals surface area (Å²) in [7, 11) is 0. The van der Waals surface area contributed by atoms with Crippen LogP contribution in [0.25, 0.3) is 0 Å². The number of amides is 1. The van der Waals surface area contributed by atoms with Gasteiger partial charge in [0.2, 0.25) is 5.91 Å². The van der Waals surface area contributed by atoms with E-state index in [1.807, 2.05) is 0 Å². The molecule has 4 aliphatic rings. The molecular formula is C21H30N4O. The highest BCUT2D eigenvalue weighted by Gasteiger charge is 2.44. The summed E-state index contributed by atoms with van der Waals surface area (Å²) in [4.78, 5) is 17.8. The number of benzene rings is 1. The Hall–Kier alpha value is -1.43. The van der Waals surface area contributed by atoms with Crippen molar-refractivity contribution in [2.75, 3.05) is 19.6 Å². The number of hydrogen-bond acceptors (Lipinski definition) is 4. The monoisotopic (exact) mass is 354 g/mol. The average Bonchev–Trinajstić information content (AvgIpc) is 3.31. The fourth-order valence-electron chi connectivity index (χ4n) is 5.59. The number of rotatable bonds is 2. The van der Waals surface area contributed by atoms with Gasteiger partial charge in [0.1, 0.15) is 6.04 Å². The van der Waals surface area contributed by atoms with E-state index < -0.39 is 0 Å². The molecule has 5 rings (SSSR count). The van der Waals surface area contributed by atoms with Gasteiger partial charge in [-0.25, -0.2) is 5.43 Å². The van der Waals surface area contributed by atoms with Gasteiger partial charge in [0.25, 0.3) is 0 Å². The maximum Gasteiger partial charge on any atom is 0.241 e. The molecule has 5 nitrogen and oxygen atoms in total. The molecule has 1 saturated carbocycles. The maximum absolute atomic E-state index is 13.0. The van der Waals surface area contributed by atoms with Crippen LogP contribution in [0.5, 0.6) is 0 Å². The second kappa shape index (κ2) is 6.95. The molecule has 1 aliphatic carbocycles. The number of nitrogens with zero attached hydrogens (tertiary/aromatic N) is 2. The lowest BCUT2D eigenvalue weighted by Crippen LogP contribution is -2.53. The van der Waals surface area contributed by atoms with Crippen molar-refractivity contribution in [3.8, 4) is 0 Å². The number of hydrazine groups is 1. The van der Waals surface area contributed by atoms with E-state index in [1.54, 1.807) is 0 Å². The third-order valence-electron chi connectivity index (χ3n) is 7.14. The Balaban J connectivity index is 1.17. The van der Waals surface area contributed by atoms with Gasteiger partial charge in [-0.2, -0.15) is 0 Å². The highest BCUT2D eigenvalue weighted by Crippen LogP contribution is 2.33. The van der Waals surface area contributed by atoms with E-state index in [0.29, 0.717) is 23.9 Å². The first-order valence-corrected chi connectivity index (χ1v) is 10.4. The van der Waals surface area contributed by atoms with Crippen LogP contribution in [0.1, 0.15) is 43.2 Å². The van der Waals surface area contributed by atoms with Gasteiger partial charge in [-0.3, -0.25) is 15.1 Å². The van der Waals surface area contributed by atoms with Crippen LogP contribution in [0.4, 0.5) is 0 Å². The largest absolute Gasteiger partial charge is 0.341 e. The molecule has 0 aromatic heterocycles. The van der Waals surface area contributed by atoms with Crippen molar-refractivity contribution in [3.05, 3.63) is 35.4 Å². The van der Waals surface area contributed by atoms with Crippen LogP contribution in [-0.2, 0) is 17.8 Å². The van der Waals surface area contributed by atoms with Crippen molar-refractivity contribution >= 4 is 5.91 Å². The molecule has 3 atom stereocenters. The first-order chi connectivity index (χ1) is 12.8. The summed E-state index contributed by atoms with van der Waals surface area (Å²) in [6.45, 7) is 4.06. The zero-order chi connectivity index (χ0) is 17.5. The van der Waals surface area contributed by atoms with E-state index >= 15 is 0 Å². The summed E-state index contributed by atoms with van der Waals surface area (Å²) < 4.78 is 0. The Morgan fingerprint density at radius 1 is 0.962 bits per heavy atom. The van der Waals surface area contributed by atoms with Crippen LogP contribution < -0.4 is 10.9 Å². The standard InChI is InChI=1S/C21H30N4O/c26-21(20-18-6-3-7-19(18)22-23-20)24-12-9-17(10-13-24)25-11-8-15-4-1-2-5-16(15)14-25/h1-2,4-5,17-20,22-23H,3,6-14H2. The predicted molar refractivity (Wildman–Crippen MR) is 101 cm³/mol. The quantitative estimate of drug-likeness (QED) is 0.848. The Bertz CT molecular complexity index is 670. The van der Waals surface area contributed by atoms with Gasteiger partial charge in [-0.1, -0.05) is 30.7 Å². The molecule has 3 fully saturated rings. The predicted octanol–water partition coefficient (Wildman–Crippen LogP) is 1.68. The molecule has 5 heteroatoms. The van der Waals surface area contributed by atoms with Crippen molar-refractivity contribution in [1.29, 1.82) is 0 Å². The summed E-state index contributed by atoms with van der Waals surface area (Å²) >= 11 is 0. The van der Waals surface area contributed by atoms with Crippen molar-refractivity contribution in [3.63, 3.8) is 0 Å². The zero-order valence-corrected chi connectivity index (χ0v) is 15.5. The SMILES string of the molecule is O=C(C1NNC2CCCC21)N1CCC(N2CCc3ccccc3C2)CC1. The molecule has 26 heavy (non-hydrogen) atoms. The second-order valence-corrected chi connectivity index (χ2v) is 8.51. The molecule has 3 heterocycles. The van der Waals surface area contributed by atoms with Crippen LogP contribution in [0, 0.1) is 5.92 Å². The van der Waals surface area contributed by atoms with Gasteiger partial charge in [0.05, 0.1) is 0 Å². The molecule has 140 valence electrons. The van der Waals surface area contributed by atoms with Crippen LogP contribution in [0.3, 0.4) is 0 Å². The highest BCUT2D eigenvalue weighted by molar-refractivity contribution is 5.82. The molecular weight excluding hydrogens is 324 g/mol. The minimum atomic E-state index is 0.000846. The van der Waals surface area contributed by atoms with Crippen LogP contribution in [-0.4, -0.2) is 53.5 Å². The molecule has 1 amide bonds. The van der Waals surface area contributed by atoms with Gasteiger partial charge in [-0.15, -0.1) is 0 Å². The molecule has 2 saturated heterocycles. The average molecular weight is 354 g/mol. The van der Waals surface area contributed by atoms with Gasteiger partial charge in [-0.05, 0) is 43.2 Å². The van der Waals surface area contributed by atoms with Crippen molar-refractivity contribution in [1.82, 2.24) is 20.7 Å². The normalized spacial score (nSPS) is 32.5. The summed E-state index contributed by atoms with van der Waals surface area (Å²) in [5.41, 5.74) is 9.65. The minimum Gasteiger partial charge on any atom is -0.341 e. The summed E-state index contributed by atoms with van der Waals surface area (Å²) in [5.74, 6) is 0.827. The number of carbonyl (C=O) groups is 1. The lowest BCUT2D eigenvalue weighted by Gasteiger charge is -2.41. The number of nitrogens with one attached hydrogen (secondary N) is 2. The molecule has 3 unspecified atom stereocenters. The van der Waals surface area contributed by atoms with Gasteiger partial charge in [0.15, 0.2) is 0 Å². The Morgan fingerprint density at radius 2 is 1.77 bits per heavy atom. The minimum absolute atomic E-state index is 0.000846. The molecule has 1 aromatic carbocycles. The number of hydrogen-bond donors (Lipinski definition) is 2.